The fraction of sp³-hybridized carbons (Fsp3) is 1.00. The number of rotatable bonds is 8. The van der Waals surface area contributed by atoms with Crippen LogP contribution in [-0.4, -0.2) is 42.8 Å². The third-order valence-electron chi connectivity index (χ3n) is 3.92. The van der Waals surface area contributed by atoms with Gasteiger partial charge in [-0.05, 0) is 45.1 Å². The van der Waals surface area contributed by atoms with Crippen LogP contribution >= 0.6 is 0 Å². The normalized spacial score (nSPS) is 21.9. The molecule has 0 bridgehead atoms. The van der Waals surface area contributed by atoms with Crippen molar-refractivity contribution in [1.29, 1.82) is 0 Å². The van der Waals surface area contributed by atoms with Crippen LogP contribution < -0.4 is 5.32 Å². The molecular formula is C15H29F3N2. The lowest BCUT2D eigenvalue weighted by Gasteiger charge is -2.33. The summed E-state index contributed by atoms with van der Waals surface area (Å²) < 4.78 is 36.7. The first-order chi connectivity index (χ1) is 9.28. The van der Waals surface area contributed by atoms with Crippen LogP contribution in [0.5, 0.6) is 0 Å². The lowest BCUT2D eigenvalue weighted by Crippen LogP contribution is -2.44. The van der Waals surface area contributed by atoms with E-state index >= 15 is 0 Å². The predicted molar refractivity (Wildman–Crippen MR) is 76.8 cm³/mol. The molecule has 0 spiro atoms. The van der Waals surface area contributed by atoms with Gasteiger partial charge >= 0.3 is 6.18 Å². The van der Waals surface area contributed by atoms with Crippen LogP contribution in [0.4, 0.5) is 13.2 Å². The second kappa shape index (κ2) is 8.23. The van der Waals surface area contributed by atoms with Crippen molar-refractivity contribution < 1.29 is 13.2 Å². The van der Waals surface area contributed by atoms with Crippen LogP contribution in [0.15, 0.2) is 0 Å². The van der Waals surface area contributed by atoms with Gasteiger partial charge in [0.2, 0.25) is 0 Å². The number of hydrogen-bond donors (Lipinski definition) is 1. The fourth-order valence-electron chi connectivity index (χ4n) is 2.88. The van der Waals surface area contributed by atoms with Crippen molar-refractivity contribution in [3.05, 3.63) is 0 Å². The van der Waals surface area contributed by atoms with E-state index in [1.807, 2.05) is 0 Å². The Hall–Kier alpha value is -0.290. The van der Waals surface area contributed by atoms with E-state index < -0.39 is 12.6 Å². The maximum absolute atomic E-state index is 12.2. The molecule has 2 unspecified atom stereocenters. The van der Waals surface area contributed by atoms with Crippen LogP contribution in [0.3, 0.4) is 0 Å². The number of nitrogens with zero attached hydrogens (tertiary/aromatic N) is 1. The van der Waals surface area contributed by atoms with Crippen LogP contribution in [0, 0.1) is 5.92 Å². The third-order valence-corrected chi connectivity index (χ3v) is 3.92. The Morgan fingerprint density at radius 2 is 1.95 bits per heavy atom. The molecule has 2 atom stereocenters. The Kier molecular flexibility index (Phi) is 7.30. The summed E-state index contributed by atoms with van der Waals surface area (Å²) in [6.45, 7) is 9.39. The van der Waals surface area contributed by atoms with E-state index in [0.717, 1.165) is 19.6 Å². The second-order valence-corrected chi connectivity index (χ2v) is 6.50. The molecule has 1 saturated heterocycles. The smallest absolute Gasteiger partial charge is 0.313 e. The molecule has 1 heterocycles. The number of nitrogens with one attached hydrogen (secondary N) is 1. The Bertz CT molecular complexity index is 260. The van der Waals surface area contributed by atoms with Gasteiger partial charge in [-0.15, -0.1) is 0 Å². The summed E-state index contributed by atoms with van der Waals surface area (Å²) in [5.74, 6) is 0.543. The third kappa shape index (κ3) is 7.48. The molecule has 20 heavy (non-hydrogen) atoms. The molecule has 5 heteroatoms. The predicted octanol–water partition coefficient (Wildman–Crippen LogP) is 3.82. The Morgan fingerprint density at radius 1 is 1.25 bits per heavy atom. The van der Waals surface area contributed by atoms with Gasteiger partial charge in [-0.2, -0.15) is 13.2 Å². The maximum atomic E-state index is 12.2. The van der Waals surface area contributed by atoms with Crippen molar-refractivity contribution in [2.45, 2.75) is 71.1 Å². The molecule has 0 aromatic carbocycles. The minimum absolute atomic E-state index is 0.224. The highest BCUT2D eigenvalue weighted by molar-refractivity contribution is 4.80. The molecule has 1 aliphatic rings. The molecule has 1 fully saturated rings. The van der Waals surface area contributed by atoms with Crippen molar-refractivity contribution in [3.63, 3.8) is 0 Å². The Balaban J connectivity index is 2.39. The van der Waals surface area contributed by atoms with Crippen LogP contribution in [0.2, 0.25) is 0 Å². The number of hydrogen-bond acceptors (Lipinski definition) is 2. The van der Waals surface area contributed by atoms with Gasteiger partial charge in [0.15, 0.2) is 0 Å². The van der Waals surface area contributed by atoms with Crippen LogP contribution in [0.1, 0.15) is 52.9 Å². The first kappa shape index (κ1) is 17.8. The molecule has 0 aromatic heterocycles. The Morgan fingerprint density at radius 3 is 2.45 bits per heavy atom. The molecule has 0 aliphatic carbocycles. The summed E-state index contributed by atoms with van der Waals surface area (Å²) >= 11 is 0. The maximum Gasteiger partial charge on any atom is 0.389 e. The van der Waals surface area contributed by atoms with Gasteiger partial charge in [0.1, 0.15) is 0 Å². The van der Waals surface area contributed by atoms with Crippen LogP contribution in [0.25, 0.3) is 0 Å². The molecule has 0 saturated carbocycles. The van der Waals surface area contributed by atoms with E-state index in [0.29, 0.717) is 18.4 Å². The standard InChI is InChI=1S/C15H29F3N2/c1-12(2)10-20(11-14-7-5-9-19-14)13(3)6-4-8-15(16,17)18/h12-14,19H,4-11H2,1-3H3. The van der Waals surface area contributed by atoms with Gasteiger partial charge in [-0.1, -0.05) is 13.8 Å². The molecule has 1 rings (SSSR count). The summed E-state index contributed by atoms with van der Waals surface area (Å²) in [5.41, 5.74) is 0. The topological polar surface area (TPSA) is 15.3 Å². The largest absolute Gasteiger partial charge is 0.389 e. The zero-order valence-electron chi connectivity index (χ0n) is 13.0. The lowest BCUT2D eigenvalue weighted by molar-refractivity contribution is -0.136. The van der Waals surface area contributed by atoms with Crippen molar-refractivity contribution in [2.24, 2.45) is 5.92 Å². The van der Waals surface area contributed by atoms with Gasteiger partial charge in [0.25, 0.3) is 0 Å². The highest BCUT2D eigenvalue weighted by Gasteiger charge is 2.27. The quantitative estimate of drug-likeness (QED) is 0.732. The fourth-order valence-corrected chi connectivity index (χ4v) is 2.88. The molecule has 1 N–H and O–H groups in total. The molecule has 0 radical (unpaired) electrons. The SMILES string of the molecule is CC(C)CN(CC1CCCN1)C(C)CCCC(F)(F)F. The van der Waals surface area contributed by atoms with E-state index in [9.17, 15) is 13.2 Å². The summed E-state index contributed by atoms with van der Waals surface area (Å²) in [6.07, 6.45) is -1.42. The first-order valence-corrected chi connectivity index (χ1v) is 7.82. The zero-order valence-corrected chi connectivity index (χ0v) is 13.0. The minimum atomic E-state index is -4.02. The Labute approximate surface area is 121 Å². The van der Waals surface area contributed by atoms with E-state index in [4.69, 9.17) is 0 Å². The van der Waals surface area contributed by atoms with Gasteiger partial charge in [-0.3, -0.25) is 4.90 Å². The van der Waals surface area contributed by atoms with E-state index in [1.54, 1.807) is 0 Å². The molecule has 120 valence electrons. The number of alkyl halides is 3. The average Bonchev–Trinajstić information content (AvgIpc) is 2.78. The highest BCUT2D eigenvalue weighted by Crippen LogP contribution is 2.24. The molecule has 0 amide bonds. The second-order valence-electron chi connectivity index (χ2n) is 6.50. The summed E-state index contributed by atoms with van der Waals surface area (Å²) in [4.78, 5) is 2.37. The van der Waals surface area contributed by atoms with Gasteiger partial charge in [0, 0.05) is 31.6 Å². The van der Waals surface area contributed by atoms with Crippen molar-refractivity contribution >= 4 is 0 Å². The van der Waals surface area contributed by atoms with Gasteiger partial charge in [0.05, 0.1) is 0 Å². The molecular weight excluding hydrogens is 265 g/mol. The monoisotopic (exact) mass is 294 g/mol. The first-order valence-electron chi connectivity index (χ1n) is 7.82. The average molecular weight is 294 g/mol. The zero-order chi connectivity index (χ0) is 15.2. The summed E-state index contributed by atoms with van der Waals surface area (Å²) in [6, 6.07) is 0.737. The van der Waals surface area contributed by atoms with Gasteiger partial charge in [-0.25, -0.2) is 0 Å². The van der Waals surface area contributed by atoms with Crippen molar-refractivity contribution in [3.8, 4) is 0 Å². The van der Waals surface area contributed by atoms with Gasteiger partial charge < -0.3 is 5.32 Å². The van der Waals surface area contributed by atoms with E-state index in [1.165, 1.54) is 12.8 Å². The highest BCUT2D eigenvalue weighted by atomic mass is 19.4. The minimum Gasteiger partial charge on any atom is -0.313 e. The molecule has 0 aromatic rings. The summed E-state index contributed by atoms with van der Waals surface area (Å²) in [7, 11) is 0. The summed E-state index contributed by atoms with van der Waals surface area (Å²) in [5, 5.41) is 3.47. The van der Waals surface area contributed by atoms with E-state index in [2.05, 4.69) is 31.0 Å². The lowest BCUT2D eigenvalue weighted by atomic mass is 10.1. The molecule has 1 aliphatic heterocycles. The van der Waals surface area contributed by atoms with E-state index in [-0.39, 0.29) is 12.5 Å². The van der Waals surface area contributed by atoms with Crippen molar-refractivity contribution in [2.75, 3.05) is 19.6 Å². The van der Waals surface area contributed by atoms with Crippen molar-refractivity contribution in [1.82, 2.24) is 10.2 Å². The molecule has 2 nitrogen and oxygen atoms in total. The number of halogens is 3. The van der Waals surface area contributed by atoms with Crippen LogP contribution in [-0.2, 0) is 0 Å².